The van der Waals surface area contributed by atoms with Crippen LogP contribution in [0.25, 0.3) is 0 Å². The highest BCUT2D eigenvalue weighted by atomic mass is 16.5. The molecule has 104 valence electrons. The summed E-state index contributed by atoms with van der Waals surface area (Å²) in [5, 5.41) is 0. The van der Waals surface area contributed by atoms with E-state index in [0.717, 1.165) is 45.6 Å². The van der Waals surface area contributed by atoms with Gasteiger partial charge in [-0.1, -0.05) is 13.8 Å². The fourth-order valence-corrected chi connectivity index (χ4v) is 3.34. The normalized spacial score (nSPS) is 29.6. The van der Waals surface area contributed by atoms with Gasteiger partial charge in [-0.05, 0) is 38.1 Å². The van der Waals surface area contributed by atoms with Crippen LogP contribution in [0, 0.1) is 11.8 Å². The molecular formula is C15H27NO2. The number of ether oxygens (including phenoxy) is 1. The van der Waals surface area contributed by atoms with Gasteiger partial charge in [0.05, 0.1) is 6.61 Å². The summed E-state index contributed by atoms with van der Waals surface area (Å²) in [6.07, 6.45) is 5.50. The molecule has 0 bridgehead atoms. The number of hydrogen-bond donors (Lipinski definition) is 0. The number of carbonyl (C=O) groups excluding carboxylic acids is 1. The van der Waals surface area contributed by atoms with E-state index < -0.39 is 0 Å². The SMILES string of the molecule is CC(C)COCCN1CCCC1C1CCCC1=O. The Morgan fingerprint density at radius 1 is 1.33 bits per heavy atom. The smallest absolute Gasteiger partial charge is 0.137 e. The van der Waals surface area contributed by atoms with Crippen LogP contribution in [0.2, 0.25) is 0 Å². The van der Waals surface area contributed by atoms with Crippen LogP contribution in [0.5, 0.6) is 0 Å². The van der Waals surface area contributed by atoms with Gasteiger partial charge in [-0.25, -0.2) is 0 Å². The van der Waals surface area contributed by atoms with Crippen LogP contribution in [0.15, 0.2) is 0 Å². The van der Waals surface area contributed by atoms with E-state index in [4.69, 9.17) is 4.74 Å². The topological polar surface area (TPSA) is 29.5 Å². The maximum absolute atomic E-state index is 11.9. The van der Waals surface area contributed by atoms with E-state index in [9.17, 15) is 4.79 Å². The highest BCUT2D eigenvalue weighted by Crippen LogP contribution is 2.32. The van der Waals surface area contributed by atoms with Crippen LogP contribution in [0.1, 0.15) is 46.0 Å². The standard InChI is InChI=1S/C15H27NO2/c1-12(2)11-18-10-9-16-8-4-6-14(16)13-5-3-7-15(13)17/h12-14H,3-11H2,1-2H3. The molecule has 2 aliphatic rings. The summed E-state index contributed by atoms with van der Waals surface area (Å²) in [5.74, 6) is 1.45. The van der Waals surface area contributed by atoms with Gasteiger partial charge < -0.3 is 4.74 Å². The zero-order valence-electron chi connectivity index (χ0n) is 11.9. The number of nitrogens with zero attached hydrogens (tertiary/aromatic N) is 1. The summed E-state index contributed by atoms with van der Waals surface area (Å²) in [5.41, 5.74) is 0. The Bertz CT molecular complexity index is 278. The number of ketones is 1. The second-order valence-electron chi connectivity index (χ2n) is 6.18. The van der Waals surface area contributed by atoms with Crippen LogP contribution in [0.3, 0.4) is 0 Å². The molecule has 0 aromatic rings. The second-order valence-corrected chi connectivity index (χ2v) is 6.18. The fourth-order valence-electron chi connectivity index (χ4n) is 3.34. The lowest BCUT2D eigenvalue weighted by atomic mass is 9.95. The van der Waals surface area contributed by atoms with E-state index in [2.05, 4.69) is 18.7 Å². The van der Waals surface area contributed by atoms with E-state index in [1.807, 2.05) is 0 Å². The Labute approximate surface area is 111 Å². The number of likely N-dealkylation sites (tertiary alicyclic amines) is 1. The van der Waals surface area contributed by atoms with Crippen molar-refractivity contribution in [1.29, 1.82) is 0 Å². The first kappa shape index (κ1) is 14.0. The third-order valence-electron chi connectivity index (χ3n) is 4.20. The Balaban J connectivity index is 1.75. The van der Waals surface area contributed by atoms with E-state index in [0.29, 0.717) is 23.7 Å². The maximum Gasteiger partial charge on any atom is 0.137 e. The van der Waals surface area contributed by atoms with Crippen molar-refractivity contribution in [3.63, 3.8) is 0 Å². The quantitative estimate of drug-likeness (QED) is 0.681. The minimum atomic E-state index is 0.331. The lowest BCUT2D eigenvalue weighted by molar-refractivity contribution is -0.122. The summed E-state index contributed by atoms with van der Waals surface area (Å²) in [6, 6.07) is 0.516. The third kappa shape index (κ3) is 3.55. The van der Waals surface area contributed by atoms with Crippen LogP contribution in [-0.2, 0) is 9.53 Å². The molecule has 18 heavy (non-hydrogen) atoms. The molecule has 1 saturated carbocycles. The molecule has 1 aliphatic heterocycles. The van der Waals surface area contributed by atoms with Crippen molar-refractivity contribution >= 4 is 5.78 Å². The van der Waals surface area contributed by atoms with Gasteiger partial charge in [0, 0.05) is 31.5 Å². The fraction of sp³-hybridized carbons (Fsp3) is 0.933. The predicted molar refractivity (Wildman–Crippen MR) is 72.6 cm³/mol. The molecule has 0 aromatic carbocycles. The van der Waals surface area contributed by atoms with E-state index in [-0.39, 0.29) is 0 Å². The van der Waals surface area contributed by atoms with Gasteiger partial charge in [0.1, 0.15) is 5.78 Å². The van der Waals surface area contributed by atoms with Crippen LogP contribution >= 0.6 is 0 Å². The van der Waals surface area contributed by atoms with E-state index in [1.165, 1.54) is 12.8 Å². The molecule has 3 heteroatoms. The van der Waals surface area contributed by atoms with Gasteiger partial charge in [-0.2, -0.15) is 0 Å². The molecule has 3 nitrogen and oxygen atoms in total. The molecule has 2 atom stereocenters. The van der Waals surface area contributed by atoms with Gasteiger partial charge in [0.25, 0.3) is 0 Å². The van der Waals surface area contributed by atoms with E-state index in [1.54, 1.807) is 0 Å². The average molecular weight is 253 g/mol. The van der Waals surface area contributed by atoms with Gasteiger partial charge in [0.2, 0.25) is 0 Å². The molecule has 0 aromatic heterocycles. The Morgan fingerprint density at radius 3 is 2.83 bits per heavy atom. The van der Waals surface area contributed by atoms with Crippen molar-refractivity contribution in [1.82, 2.24) is 4.90 Å². The molecular weight excluding hydrogens is 226 g/mol. The predicted octanol–water partition coefficient (Wildman–Crippen LogP) is 2.49. The van der Waals surface area contributed by atoms with Gasteiger partial charge >= 0.3 is 0 Å². The molecule has 0 amide bonds. The first-order valence-electron chi connectivity index (χ1n) is 7.53. The van der Waals surface area contributed by atoms with Crippen molar-refractivity contribution in [3.8, 4) is 0 Å². The van der Waals surface area contributed by atoms with Gasteiger partial charge in [-0.15, -0.1) is 0 Å². The lowest BCUT2D eigenvalue weighted by Crippen LogP contribution is -2.39. The lowest BCUT2D eigenvalue weighted by Gasteiger charge is -2.28. The first-order chi connectivity index (χ1) is 8.68. The van der Waals surface area contributed by atoms with Crippen molar-refractivity contribution in [3.05, 3.63) is 0 Å². The maximum atomic E-state index is 11.9. The zero-order chi connectivity index (χ0) is 13.0. The Morgan fingerprint density at radius 2 is 2.17 bits per heavy atom. The average Bonchev–Trinajstić information content (AvgIpc) is 2.92. The van der Waals surface area contributed by atoms with Gasteiger partial charge in [0.15, 0.2) is 0 Å². The summed E-state index contributed by atoms with van der Waals surface area (Å²) < 4.78 is 5.67. The van der Waals surface area contributed by atoms with Crippen LogP contribution in [0.4, 0.5) is 0 Å². The summed E-state index contributed by atoms with van der Waals surface area (Å²) in [6.45, 7) is 8.17. The monoisotopic (exact) mass is 253 g/mol. The minimum absolute atomic E-state index is 0.331. The molecule has 0 N–H and O–H groups in total. The van der Waals surface area contributed by atoms with Crippen LogP contribution < -0.4 is 0 Å². The van der Waals surface area contributed by atoms with Crippen molar-refractivity contribution in [2.75, 3.05) is 26.3 Å². The number of carbonyl (C=O) groups is 1. The molecule has 0 spiro atoms. The van der Waals surface area contributed by atoms with Crippen molar-refractivity contribution < 1.29 is 9.53 Å². The number of rotatable bonds is 6. The second kappa shape index (κ2) is 6.67. The highest BCUT2D eigenvalue weighted by molar-refractivity contribution is 5.83. The summed E-state index contributed by atoms with van der Waals surface area (Å²) in [7, 11) is 0. The third-order valence-corrected chi connectivity index (χ3v) is 4.20. The largest absolute Gasteiger partial charge is 0.380 e. The van der Waals surface area contributed by atoms with Crippen molar-refractivity contribution in [2.45, 2.75) is 52.0 Å². The molecule has 1 saturated heterocycles. The Kier molecular flexibility index (Phi) is 5.19. The number of Topliss-reactive ketones (excluding diaryl/α,β-unsaturated/α-hetero) is 1. The highest BCUT2D eigenvalue weighted by Gasteiger charge is 2.37. The minimum Gasteiger partial charge on any atom is -0.380 e. The van der Waals surface area contributed by atoms with Crippen molar-refractivity contribution in [2.24, 2.45) is 11.8 Å². The first-order valence-corrected chi connectivity index (χ1v) is 7.53. The Hall–Kier alpha value is -0.410. The van der Waals surface area contributed by atoms with E-state index >= 15 is 0 Å². The molecule has 2 rings (SSSR count). The summed E-state index contributed by atoms with van der Waals surface area (Å²) >= 11 is 0. The molecule has 2 unspecified atom stereocenters. The van der Waals surface area contributed by atoms with Crippen LogP contribution in [-0.4, -0.2) is 43.0 Å². The zero-order valence-corrected chi connectivity index (χ0v) is 11.9. The molecule has 1 aliphatic carbocycles. The molecule has 0 radical (unpaired) electrons. The number of hydrogen-bond acceptors (Lipinski definition) is 3. The molecule has 2 fully saturated rings. The summed E-state index contributed by atoms with van der Waals surface area (Å²) in [4.78, 5) is 14.4. The van der Waals surface area contributed by atoms with Gasteiger partial charge in [-0.3, -0.25) is 9.69 Å². The molecule has 1 heterocycles.